The van der Waals surface area contributed by atoms with E-state index >= 15 is 0 Å². The summed E-state index contributed by atoms with van der Waals surface area (Å²) in [6, 6.07) is 6.38. The van der Waals surface area contributed by atoms with Crippen LogP contribution in [0.25, 0.3) is 11.3 Å². The molecule has 0 aliphatic carbocycles. The SMILES string of the molecule is CC(C)Nc1ncc(-c2cc(N)cc(C(F)(F)F)c2)n(CC(=O)NCc2ccc(/C(N)=N\O)c(F)c2)c1=O. The number of oxime groups is 1. The highest BCUT2D eigenvalue weighted by Crippen LogP contribution is 2.34. The maximum absolute atomic E-state index is 14.2. The van der Waals surface area contributed by atoms with Gasteiger partial charge in [-0.2, -0.15) is 13.2 Å². The Kier molecular flexibility index (Phi) is 8.23. The number of nitrogens with zero attached hydrogens (tertiary/aromatic N) is 3. The molecule has 38 heavy (non-hydrogen) atoms. The number of carbonyl (C=O) groups is 1. The number of nitrogens with one attached hydrogen (secondary N) is 2. The number of nitrogen functional groups attached to an aromatic ring is 1. The van der Waals surface area contributed by atoms with Gasteiger partial charge in [-0.05, 0) is 49.7 Å². The van der Waals surface area contributed by atoms with Gasteiger partial charge in [-0.15, -0.1) is 0 Å². The van der Waals surface area contributed by atoms with E-state index in [-0.39, 0.29) is 40.9 Å². The number of carbonyl (C=O) groups excluding carboxylic acids is 1. The highest BCUT2D eigenvalue weighted by Gasteiger charge is 2.31. The number of benzene rings is 2. The molecule has 0 aliphatic rings. The fraction of sp³-hybridized carbons (Fsp3) is 0.250. The van der Waals surface area contributed by atoms with E-state index in [1.54, 1.807) is 13.8 Å². The lowest BCUT2D eigenvalue weighted by atomic mass is 10.1. The molecule has 0 fully saturated rings. The van der Waals surface area contributed by atoms with E-state index in [9.17, 15) is 27.2 Å². The molecule has 10 nitrogen and oxygen atoms in total. The second kappa shape index (κ2) is 11.2. The normalized spacial score (nSPS) is 12.0. The summed E-state index contributed by atoms with van der Waals surface area (Å²) in [6.07, 6.45) is -3.52. The van der Waals surface area contributed by atoms with Crippen molar-refractivity contribution in [2.45, 2.75) is 39.2 Å². The molecule has 3 rings (SSSR count). The highest BCUT2D eigenvalue weighted by molar-refractivity contribution is 5.97. The summed E-state index contributed by atoms with van der Waals surface area (Å²) < 4.78 is 55.3. The number of amidine groups is 1. The smallest absolute Gasteiger partial charge is 0.409 e. The molecule has 0 radical (unpaired) electrons. The average Bonchev–Trinajstić information content (AvgIpc) is 2.83. The van der Waals surface area contributed by atoms with Crippen molar-refractivity contribution in [2.24, 2.45) is 10.9 Å². The Morgan fingerprint density at radius 3 is 2.53 bits per heavy atom. The summed E-state index contributed by atoms with van der Waals surface area (Å²) in [5.74, 6) is -2.00. The van der Waals surface area contributed by atoms with E-state index in [4.69, 9.17) is 16.7 Å². The Balaban J connectivity index is 1.94. The highest BCUT2D eigenvalue weighted by atomic mass is 19.4. The molecule has 0 aliphatic heterocycles. The zero-order valence-corrected chi connectivity index (χ0v) is 20.3. The quantitative estimate of drug-likeness (QED) is 0.0740. The van der Waals surface area contributed by atoms with Crippen molar-refractivity contribution in [3.63, 3.8) is 0 Å². The monoisotopic (exact) mass is 535 g/mol. The first-order valence-corrected chi connectivity index (χ1v) is 11.2. The van der Waals surface area contributed by atoms with Gasteiger partial charge in [-0.3, -0.25) is 14.2 Å². The van der Waals surface area contributed by atoms with Crippen molar-refractivity contribution in [3.05, 3.63) is 75.5 Å². The summed E-state index contributed by atoms with van der Waals surface area (Å²) in [5.41, 5.74) is 9.18. The summed E-state index contributed by atoms with van der Waals surface area (Å²) in [6.45, 7) is 2.79. The number of halogens is 4. The van der Waals surface area contributed by atoms with Crippen LogP contribution in [0.15, 0.2) is 52.5 Å². The van der Waals surface area contributed by atoms with Gasteiger partial charge >= 0.3 is 6.18 Å². The first-order valence-electron chi connectivity index (χ1n) is 11.2. The van der Waals surface area contributed by atoms with Crippen LogP contribution in [0.2, 0.25) is 0 Å². The molecule has 0 saturated heterocycles. The van der Waals surface area contributed by atoms with Crippen LogP contribution >= 0.6 is 0 Å². The topological polar surface area (TPSA) is 161 Å². The van der Waals surface area contributed by atoms with Crippen LogP contribution in [0.5, 0.6) is 0 Å². The fourth-order valence-electron chi connectivity index (χ4n) is 3.54. The van der Waals surface area contributed by atoms with Gasteiger partial charge in [-0.25, -0.2) is 9.37 Å². The van der Waals surface area contributed by atoms with Gasteiger partial charge in [0.2, 0.25) is 5.91 Å². The Morgan fingerprint density at radius 2 is 1.92 bits per heavy atom. The van der Waals surface area contributed by atoms with Crippen LogP contribution in [0.1, 0.15) is 30.5 Å². The molecule has 202 valence electrons. The third-order valence-electron chi connectivity index (χ3n) is 5.27. The van der Waals surface area contributed by atoms with Gasteiger partial charge in [0.25, 0.3) is 5.56 Å². The Labute approximate surface area is 214 Å². The van der Waals surface area contributed by atoms with Gasteiger partial charge in [0, 0.05) is 23.8 Å². The number of amides is 1. The molecule has 2 aromatic carbocycles. The van der Waals surface area contributed by atoms with Crippen LogP contribution in [-0.4, -0.2) is 32.5 Å². The van der Waals surface area contributed by atoms with Crippen molar-refractivity contribution < 1.29 is 27.6 Å². The average molecular weight is 536 g/mol. The van der Waals surface area contributed by atoms with Crippen LogP contribution in [-0.2, 0) is 24.1 Å². The van der Waals surface area contributed by atoms with E-state index in [2.05, 4.69) is 20.8 Å². The molecule has 1 heterocycles. The van der Waals surface area contributed by atoms with Crippen molar-refractivity contribution in [3.8, 4) is 11.3 Å². The van der Waals surface area contributed by atoms with Crippen molar-refractivity contribution >= 4 is 23.2 Å². The Bertz CT molecular complexity index is 1440. The predicted molar refractivity (Wildman–Crippen MR) is 133 cm³/mol. The molecule has 0 bridgehead atoms. The maximum atomic E-state index is 14.2. The predicted octanol–water partition coefficient (Wildman–Crippen LogP) is 2.88. The van der Waals surface area contributed by atoms with Crippen molar-refractivity contribution in [1.29, 1.82) is 0 Å². The first-order chi connectivity index (χ1) is 17.8. The molecule has 0 unspecified atom stereocenters. The summed E-state index contributed by atoms with van der Waals surface area (Å²) >= 11 is 0. The van der Waals surface area contributed by atoms with E-state index in [0.29, 0.717) is 5.56 Å². The number of hydrogen-bond donors (Lipinski definition) is 5. The zero-order valence-electron chi connectivity index (χ0n) is 20.3. The van der Waals surface area contributed by atoms with Crippen LogP contribution in [0, 0.1) is 5.82 Å². The van der Waals surface area contributed by atoms with E-state index in [0.717, 1.165) is 22.8 Å². The molecular weight excluding hydrogens is 510 g/mol. The molecule has 1 aromatic heterocycles. The van der Waals surface area contributed by atoms with Crippen LogP contribution in [0.3, 0.4) is 0 Å². The van der Waals surface area contributed by atoms with Gasteiger partial charge in [0.1, 0.15) is 12.4 Å². The van der Waals surface area contributed by atoms with Gasteiger partial charge in [0.05, 0.1) is 23.0 Å². The second-order valence-electron chi connectivity index (χ2n) is 8.60. The number of nitrogens with two attached hydrogens (primary N) is 2. The van der Waals surface area contributed by atoms with Gasteiger partial charge < -0.3 is 27.3 Å². The summed E-state index contributed by atoms with van der Waals surface area (Å²) in [7, 11) is 0. The first kappa shape index (κ1) is 28.0. The summed E-state index contributed by atoms with van der Waals surface area (Å²) in [5, 5.41) is 16.8. The third-order valence-corrected chi connectivity index (χ3v) is 5.27. The number of rotatable bonds is 8. The molecular formula is C24H25F4N7O3. The van der Waals surface area contributed by atoms with Gasteiger partial charge in [-0.1, -0.05) is 11.2 Å². The fourth-order valence-corrected chi connectivity index (χ4v) is 3.54. The van der Waals surface area contributed by atoms with E-state index in [1.165, 1.54) is 24.4 Å². The molecule has 7 N–H and O–H groups in total. The van der Waals surface area contributed by atoms with Crippen molar-refractivity contribution in [1.82, 2.24) is 14.9 Å². The number of alkyl halides is 3. The van der Waals surface area contributed by atoms with Crippen LogP contribution < -0.4 is 27.7 Å². The lowest BCUT2D eigenvalue weighted by Gasteiger charge is -2.17. The molecule has 0 saturated carbocycles. The summed E-state index contributed by atoms with van der Waals surface area (Å²) in [4.78, 5) is 30.0. The van der Waals surface area contributed by atoms with E-state index in [1.807, 2.05) is 0 Å². The molecule has 3 aromatic rings. The Hall–Kier alpha value is -4.62. The maximum Gasteiger partial charge on any atom is 0.416 e. The molecule has 14 heteroatoms. The van der Waals surface area contributed by atoms with Crippen LogP contribution in [0.4, 0.5) is 29.1 Å². The van der Waals surface area contributed by atoms with E-state index < -0.39 is 41.4 Å². The molecule has 0 atom stereocenters. The largest absolute Gasteiger partial charge is 0.416 e. The minimum absolute atomic E-state index is 0.0633. The number of hydrogen-bond acceptors (Lipinski definition) is 7. The lowest BCUT2D eigenvalue weighted by Crippen LogP contribution is -2.35. The van der Waals surface area contributed by atoms with Gasteiger partial charge in [0.15, 0.2) is 11.7 Å². The minimum atomic E-state index is -4.70. The standard InChI is InChI=1S/C24H25F4N7O3/c1-12(2)33-22-23(37)35(19(10-32-22)14-6-15(24(26,27)28)8-16(29)7-14)11-20(36)31-9-13-3-4-17(18(25)5-13)21(30)34-38/h3-8,10,12,38H,9,11,29H2,1-2H3,(H2,30,34)(H,31,36)(H,32,33). The molecule has 0 spiro atoms. The third kappa shape index (κ3) is 6.57. The zero-order chi connectivity index (χ0) is 28.2. The lowest BCUT2D eigenvalue weighted by molar-refractivity contribution is -0.137. The minimum Gasteiger partial charge on any atom is -0.409 e. The number of anilines is 2. The number of aromatic nitrogens is 2. The Morgan fingerprint density at radius 1 is 1.21 bits per heavy atom. The second-order valence-corrected chi connectivity index (χ2v) is 8.60. The molecule has 1 amide bonds. The van der Waals surface area contributed by atoms with Crippen molar-refractivity contribution in [2.75, 3.05) is 11.1 Å².